The summed E-state index contributed by atoms with van der Waals surface area (Å²) in [4.78, 5) is 39.9. The number of amides is 1. The van der Waals surface area contributed by atoms with Crippen LogP contribution < -0.4 is 4.90 Å². The highest BCUT2D eigenvalue weighted by atomic mass is 19.1. The largest absolute Gasteiger partial charge is 0.458 e. The van der Waals surface area contributed by atoms with Gasteiger partial charge in [-0.25, -0.2) is 4.39 Å². The number of benzene rings is 3. The predicted octanol–water partition coefficient (Wildman–Crippen LogP) is 7.96. The number of ether oxygens (including phenoxy) is 6. The molecule has 54 heavy (non-hydrogen) atoms. The van der Waals surface area contributed by atoms with Gasteiger partial charge in [-0.3, -0.25) is 14.4 Å². The van der Waals surface area contributed by atoms with Gasteiger partial charge >= 0.3 is 11.9 Å². The highest BCUT2D eigenvalue weighted by Gasteiger charge is 2.49. The lowest BCUT2D eigenvalue weighted by Gasteiger charge is -2.48. The minimum absolute atomic E-state index is 0.0196. The molecule has 2 aliphatic heterocycles. The molecule has 5 rings (SSSR count). The molecule has 0 saturated carbocycles. The molecule has 0 unspecified atom stereocenters. The normalized spacial score (nSPS) is 19.6. The van der Waals surface area contributed by atoms with Gasteiger partial charge in [-0.1, -0.05) is 48.5 Å². The molecule has 292 valence electrons. The van der Waals surface area contributed by atoms with E-state index in [2.05, 4.69) is 0 Å². The smallest absolute Gasteiger partial charge is 0.303 e. The summed E-state index contributed by atoms with van der Waals surface area (Å²) >= 11 is 0. The van der Waals surface area contributed by atoms with Crippen molar-refractivity contribution in [2.75, 3.05) is 31.3 Å². The molecule has 3 atom stereocenters. The lowest BCUT2D eigenvalue weighted by atomic mass is 9.78. The van der Waals surface area contributed by atoms with E-state index in [1.165, 1.54) is 26.0 Å². The first kappa shape index (κ1) is 41.0. The van der Waals surface area contributed by atoms with Crippen LogP contribution in [0.2, 0.25) is 0 Å². The maximum atomic E-state index is 14.0. The molecule has 11 heteroatoms. The van der Waals surface area contributed by atoms with Crippen molar-refractivity contribution in [1.29, 1.82) is 0 Å². The van der Waals surface area contributed by atoms with Crippen LogP contribution in [-0.2, 0) is 55.6 Å². The van der Waals surface area contributed by atoms with Gasteiger partial charge in [-0.05, 0) is 106 Å². The number of carbonyl (C=O) groups is 3. The van der Waals surface area contributed by atoms with Gasteiger partial charge in [-0.2, -0.15) is 0 Å². The van der Waals surface area contributed by atoms with Gasteiger partial charge in [0.1, 0.15) is 11.9 Å². The van der Waals surface area contributed by atoms with E-state index in [-0.39, 0.29) is 49.2 Å². The van der Waals surface area contributed by atoms with E-state index in [0.717, 1.165) is 35.2 Å². The lowest BCUT2D eigenvalue weighted by molar-refractivity contribution is -0.305. The summed E-state index contributed by atoms with van der Waals surface area (Å²) < 4.78 is 48.3. The molecule has 0 aliphatic carbocycles. The van der Waals surface area contributed by atoms with Crippen LogP contribution in [0.5, 0.6) is 0 Å². The summed E-state index contributed by atoms with van der Waals surface area (Å²) in [5.74, 6) is -2.36. The SMILES string of the molecule is CCOC(CCc1ccc(N2C(=O)[C@H](CC[C@H](OC(C)=O)c3ccc(F)cc3)[C@H]2c2ccc(CCC3(OC(C)=O)COC(C)(C)OC3)cc2)cc1)OCC. The van der Waals surface area contributed by atoms with Crippen LogP contribution in [0.25, 0.3) is 0 Å². The van der Waals surface area contributed by atoms with Gasteiger partial charge in [0.05, 0.1) is 25.2 Å². The molecule has 2 heterocycles. The van der Waals surface area contributed by atoms with E-state index < -0.39 is 23.5 Å². The Kier molecular flexibility index (Phi) is 14.0. The Balaban J connectivity index is 1.34. The summed E-state index contributed by atoms with van der Waals surface area (Å²) in [6.07, 6.45) is 2.58. The fourth-order valence-corrected chi connectivity index (χ4v) is 7.20. The highest BCUT2D eigenvalue weighted by Crippen LogP contribution is 2.47. The van der Waals surface area contributed by atoms with Crippen LogP contribution in [0.1, 0.15) is 102 Å². The molecule has 1 amide bonds. The van der Waals surface area contributed by atoms with E-state index in [0.29, 0.717) is 44.5 Å². The van der Waals surface area contributed by atoms with Crippen molar-refractivity contribution in [2.45, 2.75) is 110 Å². The molecule has 10 nitrogen and oxygen atoms in total. The third-order valence-electron chi connectivity index (χ3n) is 10.0. The molecule has 2 fully saturated rings. The van der Waals surface area contributed by atoms with E-state index in [4.69, 9.17) is 28.4 Å². The molecule has 2 aliphatic rings. The van der Waals surface area contributed by atoms with Crippen molar-refractivity contribution in [2.24, 2.45) is 5.92 Å². The number of hydrogen-bond acceptors (Lipinski definition) is 9. The second kappa shape index (κ2) is 18.4. The molecule has 0 N–H and O–H groups in total. The van der Waals surface area contributed by atoms with Gasteiger partial charge in [-0.15, -0.1) is 0 Å². The standard InChI is InChI=1S/C43H54FNO9/c1-7-49-39(50-8-2)24-13-31-11-20-36(21-12-31)45-40(37(41(45)48)22-23-38(53-29(3)46)33-16-18-35(44)19-17-33)34-14-9-32(10-15-34)25-26-43(54-30(4)47)27-51-42(5,6)52-28-43/h9-12,14-21,37-40H,7-8,13,22-28H2,1-6H3/t37-,38+,40-/m1/s1. The fourth-order valence-electron chi connectivity index (χ4n) is 7.20. The quantitative estimate of drug-likeness (QED) is 0.0727. The summed E-state index contributed by atoms with van der Waals surface area (Å²) in [7, 11) is 0. The van der Waals surface area contributed by atoms with E-state index in [9.17, 15) is 18.8 Å². The maximum Gasteiger partial charge on any atom is 0.303 e. The maximum absolute atomic E-state index is 14.0. The van der Waals surface area contributed by atoms with E-state index >= 15 is 0 Å². The Morgan fingerprint density at radius 2 is 1.43 bits per heavy atom. The number of nitrogens with zero attached hydrogens (tertiary/aromatic N) is 1. The average Bonchev–Trinajstić information content (AvgIpc) is 3.14. The Hall–Kier alpha value is -4.16. The Labute approximate surface area is 318 Å². The third-order valence-corrected chi connectivity index (χ3v) is 10.0. The Bertz CT molecular complexity index is 1680. The summed E-state index contributed by atoms with van der Waals surface area (Å²) in [5.41, 5.74) is 3.70. The van der Waals surface area contributed by atoms with Crippen LogP contribution in [0.15, 0.2) is 72.8 Å². The van der Waals surface area contributed by atoms with Crippen molar-refractivity contribution in [1.82, 2.24) is 0 Å². The van der Waals surface area contributed by atoms with Gasteiger partial charge in [0.2, 0.25) is 5.91 Å². The van der Waals surface area contributed by atoms with Gasteiger partial charge in [0, 0.05) is 39.2 Å². The number of aryl methyl sites for hydroxylation is 2. The molecule has 2 saturated heterocycles. The van der Waals surface area contributed by atoms with Crippen LogP contribution in [-0.4, -0.2) is 62.0 Å². The zero-order chi connectivity index (χ0) is 38.9. The molecular formula is C43H54FNO9. The van der Waals surface area contributed by atoms with Crippen molar-refractivity contribution in [3.8, 4) is 0 Å². The second-order valence-electron chi connectivity index (χ2n) is 14.5. The van der Waals surface area contributed by atoms with Crippen LogP contribution in [0, 0.1) is 11.7 Å². The average molecular weight is 748 g/mol. The molecule has 0 spiro atoms. The fraction of sp³-hybridized carbons (Fsp3) is 0.512. The van der Waals surface area contributed by atoms with Gasteiger partial charge < -0.3 is 33.3 Å². The number of β-lactam (4-membered cyclic amide) rings is 1. The van der Waals surface area contributed by atoms with Crippen LogP contribution in [0.4, 0.5) is 10.1 Å². The highest BCUT2D eigenvalue weighted by molar-refractivity contribution is 6.03. The number of hydrogen-bond donors (Lipinski definition) is 0. The van der Waals surface area contributed by atoms with Crippen molar-refractivity contribution in [3.05, 3.63) is 101 Å². The van der Waals surface area contributed by atoms with Crippen LogP contribution in [0.3, 0.4) is 0 Å². The summed E-state index contributed by atoms with van der Waals surface area (Å²) in [6, 6.07) is 21.8. The summed E-state index contributed by atoms with van der Waals surface area (Å²) in [5, 5.41) is 0. The minimum Gasteiger partial charge on any atom is -0.458 e. The molecular weight excluding hydrogens is 693 g/mol. The predicted molar refractivity (Wildman–Crippen MR) is 201 cm³/mol. The minimum atomic E-state index is -0.884. The first-order valence-corrected chi connectivity index (χ1v) is 19.0. The molecule has 0 radical (unpaired) electrons. The zero-order valence-electron chi connectivity index (χ0n) is 32.3. The zero-order valence-corrected chi connectivity index (χ0v) is 32.3. The molecule has 0 aromatic heterocycles. The Morgan fingerprint density at radius 1 is 0.833 bits per heavy atom. The topological polar surface area (TPSA) is 110 Å². The summed E-state index contributed by atoms with van der Waals surface area (Å²) in [6.45, 7) is 11.9. The molecule has 0 bridgehead atoms. The van der Waals surface area contributed by atoms with E-state index in [1.54, 1.807) is 12.1 Å². The number of anilines is 1. The number of halogens is 1. The van der Waals surface area contributed by atoms with E-state index in [1.807, 2.05) is 81.1 Å². The monoisotopic (exact) mass is 747 g/mol. The van der Waals surface area contributed by atoms with Gasteiger partial charge in [0.25, 0.3) is 0 Å². The van der Waals surface area contributed by atoms with Crippen LogP contribution >= 0.6 is 0 Å². The molecule has 3 aromatic carbocycles. The first-order chi connectivity index (χ1) is 25.8. The van der Waals surface area contributed by atoms with Crippen molar-refractivity contribution < 1.29 is 47.2 Å². The number of carbonyl (C=O) groups excluding carboxylic acids is 3. The Morgan fingerprint density at radius 3 is 2.00 bits per heavy atom. The van der Waals surface area contributed by atoms with Crippen molar-refractivity contribution >= 4 is 23.5 Å². The molecule has 3 aromatic rings. The first-order valence-electron chi connectivity index (χ1n) is 19.0. The van der Waals surface area contributed by atoms with Crippen molar-refractivity contribution in [3.63, 3.8) is 0 Å². The second-order valence-corrected chi connectivity index (χ2v) is 14.5. The third kappa shape index (κ3) is 10.7. The lowest BCUT2D eigenvalue weighted by Crippen LogP contribution is -2.55. The van der Waals surface area contributed by atoms with Gasteiger partial charge in [0.15, 0.2) is 17.7 Å². The number of rotatable bonds is 18. The number of esters is 2.